The topological polar surface area (TPSA) is 0 Å². The van der Waals surface area contributed by atoms with Gasteiger partial charge in [0.2, 0.25) is 0 Å². The third-order valence-corrected chi connectivity index (χ3v) is 3.60. The number of allylic oxidation sites excluding steroid dienone is 3. The first-order valence-corrected chi connectivity index (χ1v) is 8.60. The fourth-order valence-electron chi connectivity index (χ4n) is 2.08. The highest BCUT2D eigenvalue weighted by molar-refractivity contribution is 6.17. The van der Waals surface area contributed by atoms with Crippen molar-refractivity contribution in [1.29, 1.82) is 0 Å². The lowest BCUT2D eigenvalue weighted by Crippen LogP contribution is -1.82. The summed E-state index contributed by atoms with van der Waals surface area (Å²) >= 11 is 5.70. The lowest BCUT2D eigenvalue weighted by atomic mass is 10.1. The molecule has 114 valence electrons. The number of halogens is 1. The Labute approximate surface area is 135 Å². The second-order valence-corrected chi connectivity index (χ2v) is 5.61. The number of hydrogen-bond acceptors (Lipinski definition) is 0. The molecule has 0 fully saturated rings. The Morgan fingerprint density at radius 3 is 2.67 bits per heavy atom. The van der Waals surface area contributed by atoms with Crippen molar-refractivity contribution in [3.05, 3.63) is 65.4 Å². The maximum absolute atomic E-state index is 5.70. The van der Waals surface area contributed by atoms with Crippen molar-refractivity contribution in [3.63, 3.8) is 0 Å². The van der Waals surface area contributed by atoms with Gasteiger partial charge in [0.15, 0.2) is 0 Å². The zero-order chi connectivity index (χ0) is 15.2. The molecule has 0 bridgehead atoms. The van der Waals surface area contributed by atoms with Gasteiger partial charge in [0, 0.05) is 5.88 Å². The highest BCUT2D eigenvalue weighted by atomic mass is 35.5. The molecular weight excluding hydrogens is 276 g/mol. The second-order valence-electron chi connectivity index (χ2n) is 5.24. The van der Waals surface area contributed by atoms with Crippen LogP contribution >= 0.6 is 11.6 Å². The lowest BCUT2D eigenvalue weighted by molar-refractivity contribution is 0.797. The van der Waals surface area contributed by atoms with Crippen LogP contribution in [0.5, 0.6) is 0 Å². The number of alkyl halides is 1. The van der Waals surface area contributed by atoms with E-state index in [9.17, 15) is 0 Å². The van der Waals surface area contributed by atoms with Gasteiger partial charge in [-0.2, -0.15) is 0 Å². The van der Waals surface area contributed by atoms with Crippen molar-refractivity contribution in [2.24, 2.45) is 0 Å². The number of aryl methyl sites for hydroxylation is 1. The normalized spacial score (nSPS) is 10.6. The molecule has 0 N–H and O–H groups in total. The molecule has 0 radical (unpaired) electrons. The number of hydrogen-bond donors (Lipinski definition) is 0. The van der Waals surface area contributed by atoms with E-state index < -0.39 is 0 Å². The first-order valence-electron chi connectivity index (χ1n) is 8.07. The monoisotopic (exact) mass is 302 g/mol. The number of benzene rings is 1. The van der Waals surface area contributed by atoms with E-state index in [0.29, 0.717) is 0 Å². The van der Waals surface area contributed by atoms with E-state index in [2.05, 4.69) is 61.2 Å². The zero-order valence-electron chi connectivity index (χ0n) is 13.2. The molecule has 0 atom stereocenters. The predicted molar refractivity (Wildman–Crippen MR) is 95.0 cm³/mol. The van der Waals surface area contributed by atoms with Crippen LogP contribution in [-0.2, 0) is 6.42 Å². The molecule has 0 aliphatic rings. The lowest BCUT2D eigenvalue weighted by Gasteiger charge is -1.98. The Balaban J connectivity index is 2.50. The summed E-state index contributed by atoms with van der Waals surface area (Å²) in [5, 5.41) is 0. The van der Waals surface area contributed by atoms with Crippen LogP contribution in [-0.4, -0.2) is 5.88 Å². The van der Waals surface area contributed by atoms with Gasteiger partial charge in [-0.25, -0.2) is 0 Å². The predicted octanol–water partition coefficient (Wildman–Crippen LogP) is 6.47. The van der Waals surface area contributed by atoms with E-state index >= 15 is 0 Å². The Kier molecular flexibility index (Phi) is 10.6. The Hall–Kier alpha value is -1.23. The molecule has 1 rings (SSSR count). The van der Waals surface area contributed by atoms with E-state index in [1.54, 1.807) is 0 Å². The maximum atomic E-state index is 5.70. The molecule has 0 heterocycles. The number of rotatable bonds is 10. The minimum Gasteiger partial charge on any atom is -0.127 e. The van der Waals surface area contributed by atoms with Crippen LogP contribution in [0.3, 0.4) is 0 Å². The first-order chi connectivity index (χ1) is 10.4. The molecule has 0 unspecified atom stereocenters. The highest BCUT2D eigenvalue weighted by Gasteiger charge is 1.92. The Morgan fingerprint density at radius 1 is 1.14 bits per heavy atom. The third-order valence-electron chi connectivity index (χ3n) is 3.33. The minimum absolute atomic E-state index is 0.741. The molecule has 0 nitrogen and oxygen atoms in total. The van der Waals surface area contributed by atoms with Gasteiger partial charge >= 0.3 is 0 Å². The molecule has 0 aromatic heterocycles. The van der Waals surface area contributed by atoms with Crippen molar-refractivity contribution in [2.75, 3.05) is 5.88 Å². The fraction of sp³-hybridized carbons (Fsp3) is 0.450. The van der Waals surface area contributed by atoms with Gasteiger partial charge in [0.25, 0.3) is 0 Å². The van der Waals surface area contributed by atoms with Gasteiger partial charge in [-0.3, -0.25) is 0 Å². The summed E-state index contributed by atoms with van der Waals surface area (Å²) in [5.74, 6) is 0.741. The van der Waals surface area contributed by atoms with Crippen LogP contribution in [0.4, 0.5) is 0 Å². The van der Waals surface area contributed by atoms with Crippen molar-refractivity contribution >= 4 is 11.6 Å². The highest BCUT2D eigenvalue weighted by Crippen LogP contribution is 2.09. The molecule has 0 saturated heterocycles. The van der Waals surface area contributed by atoms with Crippen LogP contribution in [0.15, 0.2) is 59.9 Å². The Bertz CT molecular complexity index is 450. The van der Waals surface area contributed by atoms with Gasteiger partial charge < -0.3 is 0 Å². The average Bonchev–Trinajstić information content (AvgIpc) is 2.53. The summed E-state index contributed by atoms with van der Waals surface area (Å²) in [6.45, 7) is 2.23. The molecule has 0 spiro atoms. The van der Waals surface area contributed by atoms with Crippen LogP contribution < -0.4 is 0 Å². The van der Waals surface area contributed by atoms with Gasteiger partial charge in [-0.15, -0.1) is 17.3 Å². The molecule has 0 saturated carbocycles. The van der Waals surface area contributed by atoms with Crippen LogP contribution in [0.2, 0.25) is 0 Å². The van der Waals surface area contributed by atoms with E-state index in [-0.39, 0.29) is 0 Å². The van der Waals surface area contributed by atoms with Crippen molar-refractivity contribution in [2.45, 2.75) is 51.9 Å². The summed E-state index contributed by atoms with van der Waals surface area (Å²) in [4.78, 5) is 0. The summed E-state index contributed by atoms with van der Waals surface area (Å²) in [6.07, 6.45) is 14.5. The van der Waals surface area contributed by atoms with Gasteiger partial charge in [-0.05, 0) is 55.7 Å². The van der Waals surface area contributed by atoms with Crippen molar-refractivity contribution < 1.29 is 0 Å². The SMILES string of the molecule is CCCCC(=C=CCCc1ccccc1)/C=C/CCCCl. The molecule has 21 heavy (non-hydrogen) atoms. The molecule has 1 aromatic carbocycles. The second kappa shape index (κ2) is 12.5. The van der Waals surface area contributed by atoms with Crippen molar-refractivity contribution in [3.8, 4) is 0 Å². The van der Waals surface area contributed by atoms with Crippen LogP contribution in [0.1, 0.15) is 51.0 Å². The fourth-order valence-corrected chi connectivity index (χ4v) is 2.23. The Morgan fingerprint density at radius 2 is 1.95 bits per heavy atom. The number of unbranched alkanes of at least 4 members (excludes halogenated alkanes) is 2. The average molecular weight is 303 g/mol. The summed E-state index contributed by atoms with van der Waals surface area (Å²) in [5.41, 5.74) is 6.18. The molecular formula is C20H27Cl. The molecule has 0 aliphatic heterocycles. The summed E-state index contributed by atoms with van der Waals surface area (Å²) in [6, 6.07) is 10.6. The third kappa shape index (κ3) is 9.34. The quantitative estimate of drug-likeness (QED) is 0.201. The summed E-state index contributed by atoms with van der Waals surface area (Å²) in [7, 11) is 0. The van der Waals surface area contributed by atoms with E-state index in [1.807, 2.05) is 0 Å². The van der Waals surface area contributed by atoms with Crippen LogP contribution in [0.25, 0.3) is 0 Å². The van der Waals surface area contributed by atoms with E-state index in [1.165, 1.54) is 24.0 Å². The summed E-state index contributed by atoms with van der Waals surface area (Å²) < 4.78 is 0. The molecule has 1 aromatic rings. The molecule has 0 amide bonds. The van der Waals surface area contributed by atoms with E-state index in [4.69, 9.17) is 11.6 Å². The maximum Gasteiger partial charge on any atom is 0.0226 e. The van der Waals surface area contributed by atoms with Crippen LogP contribution in [0, 0.1) is 0 Å². The van der Waals surface area contributed by atoms with Gasteiger partial charge in [0.1, 0.15) is 0 Å². The van der Waals surface area contributed by atoms with Crippen molar-refractivity contribution in [1.82, 2.24) is 0 Å². The standard InChI is InChI=1S/C20H27Cl/c1-2-3-12-19(15-8-5-11-18-21)16-9-10-17-20-13-6-4-7-14-20/h4,6-9,13-15H,2-3,5,10-12,17-18H2,1H3/b15-8+. The van der Waals surface area contributed by atoms with E-state index in [0.717, 1.165) is 38.0 Å². The zero-order valence-corrected chi connectivity index (χ0v) is 13.9. The van der Waals surface area contributed by atoms with Gasteiger partial charge in [0.05, 0.1) is 0 Å². The van der Waals surface area contributed by atoms with Gasteiger partial charge in [-0.1, -0.05) is 55.8 Å². The molecule has 1 heteroatoms. The first kappa shape index (κ1) is 17.8. The largest absolute Gasteiger partial charge is 0.127 e. The minimum atomic E-state index is 0.741. The smallest absolute Gasteiger partial charge is 0.0226 e. The molecule has 0 aliphatic carbocycles.